The second-order valence-electron chi connectivity index (χ2n) is 4.38. The fourth-order valence-corrected chi connectivity index (χ4v) is 2.66. The van der Waals surface area contributed by atoms with Crippen molar-refractivity contribution in [2.24, 2.45) is 11.8 Å². The molecule has 1 saturated heterocycles. The van der Waals surface area contributed by atoms with E-state index in [1.807, 2.05) is 0 Å². The molecule has 0 aromatic heterocycles. The minimum Gasteiger partial charge on any atom is -0.242 e. The Bertz CT molecular complexity index is 166. The minimum absolute atomic E-state index is 0.915. The summed E-state index contributed by atoms with van der Waals surface area (Å²) in [7, 11) is 0. The molecule has 1 aliphatic carbocycles. The van der Waals surface area contributed by atoms with Gasteiger partial charge in [-0.15, -0.1) is 0 Å². The highest BCUT2D eigenvalue weighted by Gasteiger charge is 2.21. The topological polar surface area (TPSA) is 14.1 Å². The van der Waals surface area contributed by atoms with Crippen LogP contribution in [0.25, 0.3) is 0 Å². The van der Waals surface area contributed by atoms with E-state index in [1.165, 1.54) is 38.5 Å². The molecule has 2 aliphatic rings. The third kappa shape index (κ3) is 2.57. The van der Waals surface area contributed by atoms with Crippen LogP contribution >= 0.6 is 0 Å². The fourth-order valence-electron chi connectivity index (χ4n) is 2.66. The summed E-state index contributed by atoms with van der Waals surface area (Å²) in [5, 5.41) is 4.47. The molecular weight excluding hydrogens is 158 g/mol. The van der Waals surface area contributed by atoms with E-state index in [2.05, 4.69) is 17.5 Å². The van der Waals surface area contributed by atoms with Crippen LogP contribution in [-0.2, 0) is 0 Å². The molecule has 73 valence electrons. The van der Waals surface area contributed by atoms with Crippen molar-refractivity contribution in [3.63, 3.8) is 0 Å². The van der Waals surface area contributed by atoms with Crippen molar-refractivity contribution in [2.75, 3.05) is 13.1 Å². The van der Waals surface area contributed by atoms with Crippen LogP contribution in [0.2, 0.25) is 0 Å². The Hall–Kier alpha value is -0.300. The highest BCUT2D eigenvalue weighted by Crippen LogP contribution is 2.32. The molecular formula is C12H20N. The molecule has 0 amide bonds. The van der Waals surface area contributed by atoms with E-state index >= 15 is 0 Å². The zero-order valence-electron chi connectivity index (χ0n) is 8.41. The average Bonchev–Trinajstić information content (AvgIpc) is 2.55. The summed E-state index contributed by atoms with van der Waals surface area (Å²) in [5.41, 5.74) is 0. The summed E-state index contributed by atoms with van der Waals surface area (Å²) in [6, 6.07) is 0. The Morgan fingerprint density at radius 1 is 1.00 bits per heavy atom. The first kappa shape index (κ1) is 9.26. The van der Waals surface area contributed by atoms with E-state index < -0.39 is 0 Å². The lowest BCUT2D eigenvalue weighted by molar-refractivity contribution is 0.306. The summed E-state index contributed by atoms with van der Waals surface area (Å²) in [5.74, 6) is 1.90. The smallest absolute Gasteiger partial charge is 0.0133 e. The van der Waals surface area contributed by atoms with Gasteiger partial charge in [0.25, 0.3) is 0 Å². The van der Waals surface area contributed by atoms with Crippen molar-refractivity contribution in [2.45, 2.75) is 38.5 Å². The van der Waals surface area contributed by atoms with Gasteiger partial charge in [0.1, 0.15) is 0 Å². The van der Waals surface area contributed by atoms with Crippen LogP contribution in [0.3, 0.4) is 0 Å². The summed E-state index contributed by atoms with van der Waals surface area (Å²) in [4.78, 5) is 0. The molecule has 1 radical (unpaired) electrons. The van der Waals surface area contributed by atoms with Crippen LogP contribution in [0.1, 0.15) is 38.5 Å². The number of hydrogen-bond acceptors (Lipinski definition) is 0. The molecule has 0 aromatic carbocycles. The largest absolute Gasteiger partial charge is 0.242 e. The molecule has 1 heteroatoms. The first-order valence-electron chi connectivity index (χ1n) is 5.77. The molecule has 1 unspecified atom stereocenters. The SMILES string of the molecule is C1=CC(C2CCC[N]CCC2)CC1. The zero-order chi connectivity index (χ0) is 8.93. The molecule has 0 N–H and O–H groups in total. The van der Waals surface area contributed by atoms with E-state index in [4.69, 9.17) is 0 Å². The maximum absolute atomic E-state index is 4.47. The third-order valence-electron chi connectivity index (χ3n) is 3.44. The Morgan fingerprint density at radius 3 is 2.38 bits per heavy atom. The molecule has 0 bridgehead atoms. The van der Waals surface area contributed by atoms with Crippen molar-refractivity contribution in [3.05, 3.63) is 12.2 Å². The number of allylic oxidation sites excluding steroid dienone is 2. The van der Waals surface area contributed by atoms with Crippen LogP contribution in [0, 0.1) is 11.8 Å². The van der Waals surface area contributed by atoms with Crippen LogP contribution < -0.4 is 5.32 Å². The van der Waals surface area contributed by atoms with Crippen molar-refractivity contribution in [3.8, 4) is 0 Å². The van der Waals surface area contributed by atoms with Crippen LogP contribution in [0.15, 0.2) is 12.2 Å². The predicted octanol–water partition coefficient (Wildman–Crippen LogP) is 2.75. The summed E-state index contributed by atoms with van der Waals surface area (Å²) in [6.07, 6.45) is 13.1. The van der Waals surface area contributed by atoms with Gasteiger partial charge in [0.05, 0.1) is 0 Å². The molecule has 1 aliphatic heterocycles. The monoisotopic (exact) mass is 178 g/mol. The molecule has 0 spiro atoms. The maximum Gasteiger partial charge on any atom is 0.0133 e. The van der Waals surface area contributed by atoms with Gasteiger partial charge in [0, 0.05) is 13.1 Å². The Labute approximate surface area is 81.6 Å². The van der Waals surface area contributed by atoms with E-state index in [9.17, 15) is 0 Å². The molecule has 1 fully saturated rings. The van der Waals surface area contributed by atoms with E-state index in [0.717, 1.165) is 24.9 Å². The fraction of sp³-hybridized carbons (Fsp3) is 0.833. The van der Waals surface area contributed by atoms with Gasteiger partial charge in [-0.05, 0) is 50.4 Å². The lowest BCUT2D eigenvalue weighted by Gasteiger charge is -2.24. The number of nitrogens with zero attached hydrogens (tertiary/aromatic N) is 1. The highest BCUT2D eigenvalue weighted by molar-refractivity contribution is 4.98. The minimum atomic E-state index is 0.915. The molecule has 1 heterocycles. The van der Waals surface area contributed by atoms with E-state index in [0.29, 0.717) is 0 Å². The average molecular weight is 178 g/mol. The second kappa shape index (κ2) is 4.80. The quantitative estimate of drug-likeness (QED) is 0.548. The molecule has 0 saturated carbocycles. The van der Waals surface area contributed by atoms with Gasteiger partial charge in [-0.2, -0.15) is 0 Å². The van der Waals surface area contributed by atoms with E-state index in [1.54, 1.807) is 0 Å². The van der Waals surface area contributed by atoms with Gasteiger partial charge in [-0.1, -0.05) is 12.2 Å². The van der Waals surface area contributed by atoms with Gasteiger partial charge in [0.15, 0.2) is 0 Å². The molecule has 1 nitrogen and oxygen atoms in total. The van der Waals surface area contributed by atoms with Gasteiger partial charge in [0.2, 0.25) is 0 Å². The molecule has 2 rings (SSSR count). The van der Waals surface area contributed by atoms with Gasteiger partial charge < -0.3 is 0 Å². The summed E-state index contributed by atoms with van der Waals surface area (Å²) >= 11 is 0. The lowest BCUT2D eigenvalue weighted by Crippen LogP contribution is -2.19. The first-order valence-corrected chi connectivity index (χ1v) is 5.77. The number of rotatable bonds is 1. The molecule has 13 heavy (non-hydrogen) atoms. The second-order valence-corrected chi connectivity index (χ2v) is 4.38. The molecule has 1 atom stereocenters. The van der Waals surface area contributed by atoms with Crippen molar-refractivity contribution in [1.82, 2.24) is 5.32 Å². The summed E-state index contributed by atoms with van der Waals surface area (Å²) in [6.45, 7) is 2.24. The normalized spacial score (nSPS) is 31.5. The summed E-state index contributed by atoms with van der Waals surface area (Å²) < 4.78 is 0. The van der Waals surface area contributed by atoms with Crippen molar-refractivity contribution < 1.29 is 0 Å². The number of hydrogen-bond donors (Lipinski definition) is 0. The standard InChI is InChI=1S/C12H20N/c1-2-6-11(5-1)12-7-3-9-13-10-4-8-12/h1,5,11-12H,2-4,6-10H2. The maximum atomic E-state index is 4.47. The lowest BCUT2D eigenvalue weighted by atomic mass is 9.84. The van der Waals surface area contributed by atoms with Crippen molar-refractivity contribution in [1.29, 1.82) is 0 Å². The van der Waals surface area contributed by atoms with Gasteiger partial charge in [-0.3, -0.25) is 0 Å². The van der Waals surface area contributed by atoms with Crippen molar-refractivity contribution >= 4 is 0 Å². The van der Waals surface area contributed by atoms with Crippen LogP contribution in [0.4, 0.5) is 0 Å². The highest BCUT2D eigenvalue weighted by atomic mass is 14.8. The molecule has 0 aromatic rings. The third-order valence-corrected chi connectivity index (χ3v) is 3.44. The van der Waals surface area contributed by atoms with Gasteiger partial charge >= 0.3 is 0 Å². The first-order chi connectivity index (χ1) is 6.47. The Morgan fingerprint density at radius 2 is 1.77 bits per heavy atom. The van der Waals surface area contributed by atoms with E-state index in [-0.39, 0.29) is 0 Å². The van der Waals surface area contributed by atoms with Crippen LogP contribution in [-0.4, -0.2) is 13.1 Å². The predicted molar refractivity (Wildman–Crippen MR) is 55.7 cm³/mol. The van der Waals surface area contributed by atoms with Crippen LogP contribution in [0.5, 0.6) is 0 Å². The Balaban J connectivity index is 1.84. The Kier molecular flexibility index (Phi) is 3.42. The zero-order valence-corrected chi connectivity index (χ0v) is 8.41. The van der Waals surface area contributed by atoms with Gasteiger partial charge in [-0.25, -0.2) is 5.32 Å².